The van der Waals surface area contributed by atoms with E-state index in [1.165, 1.54) is 12.1 Å². The summed E-state index contributed by atoms with van der Waals surface area (Å²) in [7, 11) is 0. The molecule has 0 radical (unpaired) electrons. The molecule has 0 aliphatic heterocycles. The van der Waals surface area contributed by atoms with Crippen molar-refractivity contribution >= 4 is 29.2 Å². The van der Waals surface area contributed by atoms with Crippen LogP contribution in [-0.2, 0) is 16.0 Å². The van der Waals surface area contributed by atoms with E-state index in [2.05, 4.69) is 36.4 Å². The van der Waals surface area contributed by atoms with Gasteiger partial charge in [-0.2, -0.15) is 0 Å². The molecule has 3 aromatic rings. The van der Waals surface area contributed by atoms with Crippen LogP contribution in [0.4, 0.5) is 10.1 Å². The molecule has 1 aromatic carbocycles. The number of aromatic nitrogens is 2. The Bertz CT molecular complexity index is 1260. The topological polar surface area (TPSA) is 118 Å². The van der Waals surface area contributed by atoms with Crippen molar-refractivity contribution in [3.05, 3.63) is 52.1 Å². The van der Waals surface area contributed by atoms with Gasteiger partial charge in [0.1, 0.15) is 11.6 Å². The van der Waals surface area contributed by atoms with E-state index in [0.29, 0.717) is 23.6 Å². The maximum absolute atomic E-state index is 14.2. The summed E-state index contributed by atoms with van der Waals surface area (Å²) in [5.74, 6) is -1.24. The second kappa shape index (κ2) is 10.4. The number of benzene rings is 1. The minimum atomic E-state index is -0.982. The van der Waals surface area contributed by atoms with Crippen LogP contribution in [0.5, 0.6) is 0 Å². The Labute approximate surface area is 213 Å². The highest BCUT2D eigenvalue weighted by atomic mass is 35.5. The number of carboxylic acid groups (broad SMARTS) is 1. The largest absolute Gasteiger partial charge is 0.481 e. The van der Waals surface area contributed by atoms with E-state index >= 15 is 0 Å². The van der Waals surface area contributed by atoms with Crippen molar-refractivity contribution in [2.45, 2.75) is 71.1 Å². The molecule has 2 heterocycles. The van der Waals surface area contributed by atoms with Gasteiger partial charge < -0.3 is 19.5 Å². The number of nitrogens with zero attached hydrogens (tertiary/aromatic N) is 2. The molecule has 4 rings (SSSR count). The summed E-state index contributed by atoms with van der Waals surface area (Å²) in [6.07, 6.45) is 2.49. The molecule has 36 heavy (non-hydrogen) atoms. The Morgan fingerprint density at radius 3 is 2.61 bits per heavy atom. The van der Waals surface area contributed by atoms with Crippen LogP contribution in [-0.4, -0.2) is 27.3 Å². The summed E-state index contributed by atoms with van der Waals surface area (Å²) in [5.41, 5.74) is 1.92. The van der Waals surface area contributed by atoms with E-state index in [-0.39, 0.29) is 41.3 Å². The number of carboxylic acids is 1. The summed E-state index contributed by atoms with van der Waals surface area (Å²) in [5, 5.41) is 20.5. The predicted molar refractivity (Wildman–Crippen MR) is 131 cm³/mol. The lowest BCUT2D eigenvalue weighted by Gasteiger charge is -2.15. The molecular weight excluding hydrogens is 489 g/mol. The van der Waals surface area contributed by atoms with Gasteiger partial charge in [-0.1, -0.05) is 42.7 Å². The lowest BCUT2D eigenvalue weighted by molar-refractivity contribution is -0.137. The zero-order valence-corrected chi connectivity index (χ0v) is 21.2. The average Bonchev–Trinajstić information content (AvgIpc) is 3.35. The van der Waals surface area contributed by atoms with Crippen molar-refractivity contribution in [1.29, 1.82) is 0 Å². The molecule has 0 spiro atoms. The third-order valence-electron chi connectivity index (χ3n) is 5.97. The number of amides is 1. The van der Waals surface area contributed by atoms with Crippen LogP contribution in [0.25, 0.3) is 11.5 Å². The zero-order valence-electron chi connectivity index (χ0n) is 20.4. The third-order valence-corrected chi connectivity index (χ3v) is 6.20. The van der Waals surface area contributed by atoms with Gasteiger partial charge in [0.25, 0.3) is 0 Å². The fourth-order valence-corrected chi connectivity index (χ4v) is 4.39. The quantitative estimate of drug-likeness (QED) is 0.312. The normalized spacial score (nSPS) is 14.6. The summed E-state index contributed by atoms with van der Waals surface area (Å²) >= 11 is 5.79. The average molecular weight is 518 g/mol. The molecule has 1 amide bonds. The van der Waals surface area contributed by atoms with Crippen LogP contribution in [0.1, 0.15) is 81.7 Å². The van der Waals surface area contributed by atoms with Crippen molar-refractivity contribution in [3.63, 3.8) is 0 Å². The molecule has 8 nitrogen and oxygen atoms in total. The minimum Gasteiger partial charge on any atom is -0.481 e. The fraction of sp³-hybridized carbons (Fsp3) is 0.462. The number of hydrogen-bond donors (Lipinski definition) is 2. The Kier molecular flexibility index (Phi) is 7.49. The smallest absolute Gasteiger partial charge is 0.303 e. The highest BCUT2D eigenvalue weighted by molar-refractivity contribution is 6.30. The highest BCUT2D eigenvalue weighted by Gasteiger charge is 2.37. The first-order chi connectivity index (χ1) is 17.0. The van der Waals surface area contributed by atoms with E-state index in [0.717, 1.165) is 30.2 Å². The number of halogens is 2. The molecule has 1 aliphatic carbocycles. The molecule has 1 saturated carbocycles. The van der Waals surface area contributed by atoms with E-state index < -0.39 is 23.6 Å². The summed E-state index contributed by atoms with van der Waals surface area (Å²) in [4.78, 5) is 24.2. The molecule has 2 aromatic heterocycles. The summed E-state index contributed by atoms with van der Waals surface area (Å²) < 4.78 is 25.4. The molecular formula is C26H29ClFN3O5. The number of rotatable bonds is 10. The van der Waals surface area contributed by atoms with Gasteiger partial charge in [0.05, 0.1) is 11.4 Å². The number of carbonyl (C=O) groups is 2. The second-order valence-corrected chi connectivity index (χ2v) is 10.9. The molecule has 0 unspecified atom stereocenters. The van der Waals surface area contributed by atoms with Crippen LogP contribution < -0.4 is 5.32 Å². The van der Waals surface area contributed by atoms with Crippen molar-refractivity contribution in [2.24, 2.45) is 5.41 Å². The Balaban J connectivity index is 1.60. The lowest BCUT2D eigenvalue weighted by atomic mass is 9.89. The van der Waals surface area contributed by atoms with Crippen LogP contribution in [0, 0.1) is 11.2 Å². The highest BCUT2D eigenvalue weighted by Crippen LogP contribution is 2.48. The molecule has 10 heteroatoms. The van der Waals surface area contributed by atoms with Gasteiger partial charge in [0.15, 0.2) is 11.5 Å². The van der Waals surface area contributed by atoms with E-state index in [1.54, 1.807) is 0 Å². The van der Waals surface area contributed by atoms with Gasteiger partial charge in [-0.15, -0.1) is 0 Å². The summed E-state index contributed by atoms with van der Waals surface area (Å²) in [6, 6.07) is 5.80. The van der Waals surface area contributed by atoms with Gasteiger partial charge in [-0.05, 0) is 48.8 Å². The van der Waals surface area contributed by atoms with Gasteiger partial charge in [-0.25, -0.2) is 4.39 Å². The molecule has 1 atom stereocenters. The summed E-state index contributed by atoms with van der Waals surface area (Å²) in [6.45, 7) is 6.31. The van der Waals surface area contributed by atoms with Gasteiger partial charge >= 0.3 is 5.97 Å². The number of nitrogens with one attached hydrogen (secondary N) is 1. The number of carbonyl (C=O) groups excluding carboxylic acids is 1. The van der Waals surface area contributed by atoms with Crippen molar-refractivity contribution in [3.8, 4) is 11.5 Å². The van der Waals surface area contributed by atoms with E-state index in [9.17, 15) is 19.1 Å². The molecule has 0 saturated heterocycles. The number of aliphatic carboxylic acids is 1. The molecule has 1 aliphatic rings. The van der Waals surface area contributed by atoms with Gasteiger partial charge in [0.2, 0.25) is 5.91 Å². The SMILES string of the molecule is CC(C)(C)Cc1cc(-c2onc([C@@H](CCC(=O)O)CC(=O)Nc3ccc(Cl)cc3F)c2C2CC2)no1. The molecule has 1 fully saturated rings. The third kappa shape index (κ3) is 6.51. The van der Waals surface area contributed by atoms with Crippen molar-refractivity contribution in [1.82, 2.24) is 10.3 Å². The van der Waals surface area contributed by atoms with Crippen molar-refractivity contribution < 1.29 is 28.1 Å². The second-order valence-electron chi connectivity index (χ2n) is 10.5. The Morgan fingerprint density at radius 1 is 1.22 bits per heavy atom. The minimum absolute atomic E-state index is 0.00128. The monoisotopic (exact) mass is 517 g/mol. The predicted octanol–water partition coefficient (Wildman–Crippen LogP) is 6.57. The zero-order chi connectivity index (χ0) is 26.0. The lowest BCUT2D eigenvalue weighted by Crippen LogP contribution is -2.18. The maximum atomic E-state index is 14.2. The van der Waals surface area contributed by atoms with Crippen molar-refractivity contribution in [2.75, 3.05) is 5.32 Å². The first-order valence-electron chi connectivity index (χ1n) is 11.9. The van der Waals surface area contributed by atoms with E-state index in [4.69, 9.17) is 20.6 Å². The first kappa shape index (κ1) is 25.9. The van der Waals surface area contributed by atoms with E-state index in [1.807, 2.05) is 6.07 Å². The number of anilines is 1. The van der Waals surface area contributed by atoms with Crippen LogP contribution in [0.3, 0.4) is 0 Å². The Morgan fingerprint density at radius 2 is 1.97 bits per heavy atom. The van der Waals surface area contributed by atoms with Gasteiger partial charge in [-0.3, -0.25) is 9.59 Å². The van der Waals surface area contributed by atoms with Crippen LogP contribution in [0.15, 0.2) is 33.3 Å². The Hall–Kier alpha value is -3.20. The molecule has 192 valence electrons. The van der Waals surface area contributed by atoms with Crippen LogP contribution in [0.2, 0.25) is 5.02 Å². The first-order valence-corrected chi connectivity index (χ1v) is 12.3. The van der Waals surface area contributed by atoms with Crippen LogP contribution >= 0.6 is 11.6 Å². The molecule has 0 bridgehead atoms. The molecule has 2 N–H and O–H groups in total. The van der Waals surface area contributed by atoms with Gasteiger partial charge in [0, 0.05) is 41.8 Å². The standard InChI is InChI=1S/C26H29ClFN3O5/c1-26(2,3)13-17-12-20(30-35-17)25-23(14-4-5-14)24(31-36-25)15(6-9-22(33)34)10-21(32)29-19-8-7-16(27)11-18(19)28/h7-8,11-12,14-15H,4-6,9-10,13H2,1-3H3,(H,29,32)(H,33,34)/t15-/m0/s1. The number of hydrogen-bond acceptors (Lipinski definition) is 6. The maximum Gasteiger partial charge on any atom is 0.303 e. The fourth-order valence-electron chi connectivity index (χ4n) is 4.23.